The summed E-state index contributed by atoms with van der Waals surface area (Å²) in [5.41, 5.74) is 0.710. The van der Waals surface area contributed by atoms with Gasteiger partial charge in [-0.3, -0.25) is 0 Å². The lowest BCUT2D eigenvalue weighted by Gasteiger charge is -2.44. The molecule has 0 N–H and O–H groups in total. The number of piperidine rings is 1. The van der Waals surface area contributed by atoms with Crippen molar-refractivity contribution >= 4 is 0 Å². The molecule has 14 heavy (non-hydrogen) atoms. The second-order valence-corrected chi connectivity index (χ2v) is 5.87. The molecule has 0 saturated carbocycles. The molecule has 2 saturated heterocycles. The predicted octanol–water partition coefficient (Wildman–Crippen LogP) is 1.57. The lowest BCUT2D eigenvalue weighted by atomic mass is 9.77. The fourth-order valence-corrected chi connectivity index (χ4v) is 3.13. The highest BCUT2D eigenvalue weighted by atomic mass is 15.3. The Bertz CT molecular complexity index is 204. The van der Waals surface area contributed by atoms with Gasteiger partial charge in [-0.05, 0) is 32.4 Å². The van der Waals surface area contributed by atoms with E-state index in [4.69, 9.17) is 0 Å². The van der Waals surface area contributed by atoms with E-state index in [1.807, 2.05) is 0 Å². The standard InChI is InChI=1S/C12H25N2/c1-4-14(3)9-6-12(7-10-14)5-8-13(2)11-12/h4-11H2,1-3H3/q+1. The first kappa shape index (κ1) is 10.4. The highest BCUT2D eigenvalue weighted by Crippen LogP contribution is 2.41. The molecular weight excluding hydrogens is 172 g/mol. The zero-order valence-corrected chi connectivity index (χ0v) is 10.1. The molecule has 82 valence electrons. The summed E-state index contributed by atoms with van der Waals surface area (Å²) in [5, 5.41) is 0. The minimum atomic E-state index is 0.710. The van der Waals surface area contributed by atoms with Crippen molar-refractivity contribution in [1.29, 1.82) is 0 Å². The molecule has 2 nitrogen and oxygen atoms in total. The molecule has 0 atom stereocenters. The van der Waals surface area contributed by atoms with Crippen molar-refractivity contribution in [2.24, 2.45) is 5.41 Å². The fraction of sp³-hybridized carbons (Fsp3) is 1.00. The van der Waals surface area contributed by atoms with Gasteiger partial charge in [-0.15, -0.1) is 0 Å². The molecule has 0 aromatic carbocycles. The maximum atomic E-state index is 2.52. The predicted molar refractivity (Wildman–Crippen MR) is 60.2 cm³/mol. The van der Waals surface area contributed by atoms with Crippen molar-refractivity contribution in [3.63, 3.8) is 0 Å². The summed E-state index contributed by atoms with van der Waals surface area (Å²) in [6.07, 6.45) is 4.37. The van der Waals surface area contributed by atoms with Crippen LogP contribution in [0.4, 0.5) is 0 Å². The summed E-state index contributed by atoms with van der Waals surface area (Å²) in [6, 6.07) is 0. The number of hydrogen-bond acceptors (Lipinski definition) is 1. The van der Waals surface area contributed by atoms with Gasteiger partial charge in [0.2, 0.25) is 0 Å². The van der Waals surface area contributed by atoms with Crippen LogP contribution in [0.3, 0.4) is 0 Å². The van der Waals surface area contributed by atoms with Crippen LogP contribution in [0.2, 0.25) is 0 Å². The molecule has 0 bridgehead atoms. The lowest BCUT2D eigenvalue weighted by Crippen LogP contribution is -2.52. The van der Waals surface area contributed by atoms with E-state index < -0.39 is 0 Å². The molecule has 2 rings (SSSR count). The van der Waals surface area contributed by atoms with E-state index in [1.165, 1.54) is 56.5 Å². The zero-order chi connectivity index (χ0) is 10.2. The maximum absolute atomic E-state index is 2.52. The summed E-state index contributed by atoms with van der Waals surface area (Å²) in [7, 11) is 4.70. The normalized spacial score (nSPS) is 44.8. The Morgan fingerprint density at radius 1 is 1.21 bits per heavy atom. The van der Waals surface area contributed by atoms with Crippen molar-refractivity contribution in [1.82, 2.24) is 4.90 Å². The van der Waals surface area contributed by atoms with E-state index in [9.17, 15) is 0 Å². The van der Waals surface area contributed by atoms with Gasteiger partial charge in [-0.1, -0.05) is 0 Å². The van der Waals surface area contributed by atoms with E-state index >= 15 is 0 Å². The van der Waals surface area contributed by atoms with E-state index in [0.717, 1.165) is 0 Å². The van der Waals surface area contributed by atoms with Crippen LogP contribution in [0.25, 0.3) is 0 Å². The monoisotopic (exact) mass is 197 g/mol. The Morgan fingerprint density at radius 2 is 1.86 bits per heavy atom. The van der Waals surface area contributed by atoms with Crippen molar-refractivity contribution in [2.45, 2.75) is 26.2 Å². The van der Waals surface area contributed by atoms with Gasteiger partial charge in [0.15, 0.2) is 0 Å². The van der Waals surface area contributed by atoms with Gasteiger partial charge < -0.3 is 9.38 Å². The van der Waals surface area contributed by atoms with E-state index in [1.54, 1.807) is 0 Å². The second kappa shape index (κ2) is 3.49. The molecule has 2 fully saturated rings. The van der Waals surface area contributed by atoms with Gasteiger partial charge >= 0.3 is 0 Å². The Morgan fingerprint density at radius 3 is 2.29 bits per heavy atom. The molecule has 0 radical (unpaired) electrons. The van der Waals surface area contributed by atoms with Crippen LogP contribution in [-0.4, -0.2) is 56.2 Å². The second-order valence-electron chi connectivity index (χ2n) is 5.87. The molecule has 1 spiro atoms. The number of nitrogens with zero attached hydrogens (tertiary/aromatic N) is 2. The summed E-state index contributed by atoms with van der Waals surface area (Å²) in [5.74, 6) is 0. The first-order valence-corrected chi connectivity index (χ1v) is 6.10. The Hall–Kier alpha value is -0.0800. The van der Waals surface area contributed by atoms with Gasteiger partial charge in [0, 0.05) is 19.4 Å². The molecule has 0 aromatic rings. The summed E-state index contributed by atoms with van der Waals surface area (Å²) < 4.78 is 1.31. The first-order valence-electron chi connectivity index (χ1n) is 6.10. The van der Waals surface area contributed by atoms with Gasteiger partial charge in [0.05, 0.1) is 26.7 Å². The highest BCUT2D eigenvalue weighted by Gasteiger charge is 2.43. The van der Waals surface area contributed by atoms with Crippen molar-refractivity contribution in [2.75, 3.05) is 46.8 Å². The highest BCUT2D eigenvalue weighted by molar-refractivity contribution is 4.90. The first-order chi connectivity index (χ1) is 6.58. The van der Waals surface area contributed by atoms with Gasteiger partial charge in [-0.25, -0.2) is 0 Å². The van der Waals surface area contributed by atoms with E-state index in [2.05, 4.69) is 25.9 Å². The molecular formula is C12H25N2+. The Balaban J connectivity index is 1.95. The Labute approximate surface area is 88.5 Å². The topological polar surface area (TPSA) is 3.24 Å². The van der Waals surface area contributed by atoms with Crippen LogP contribution < -0.4 is 0 Å². The third kappa shape index (κ3) is 1.82. The molecule has 0 aliphatic carbocycles. The van der Waals surface area contributed by atoms with Crippen LogP contribution in [0.1, 0.15) is 26.2 Å². The minimum absolute atomic E-state index is 0.710. The molecule has 2 aliphatic heterocycles. The SMILES string of the molecule is CC[N+]1(C)CCC2(CCN(C)C2)CC1. The lowest BCUT2D eigenvalue weighted by molar-refractivity contribution is -0.914. The van der Waals surface area contributed by atoms with Gasteiger partial charge in [-0.2, -0.15) is 0 Å². The Kier molecular flexibility index (Phi) is 2.61. The fourth-order valence-electron chi connectivity index (χ4n) is 3.13. The minimum Gasteiger partial charge on any atom is -0.326 e. The third-order valence-electron chi connectivity index (χ3n) is 4.76. The number of hydrogen-bond donors (Lipinski definition) is 0. The third-order valence-corrected chi connectivity index (χ3v) is 4.76. The summed E-state index contributed by atoms with van der Waals surface area (Å²) >= 11 is 0. The van der Waals surface area contributed by atoms with E-state index in [0.29, 0.717) is 5.41 Å². The maximum Gasteiger partial charge on any atom is 0.0790 e. The molecule has 0 amide bonds. The molecule has 2 heterocycles. The van der Waals surface area contributed by atoms with Crippen LogP contribution in [0.5, 0.6) is 0 Å². The molecule has 2 aliphatic rings. The smallest absolute Gasteiger partial charge is 0.0790 e. The largest absolute Gasteiger partial charge is 0.326 e. The number of likely N-dealkylation sites (tertiary alicyclic amines) is 2. The van der Waals surface area contributed by atoms with E-state index in [-0.39, 0.29) is 0 Å². The average Bonchev–Trinajstić information content (AvgIpc) is 2.55. The van der Waals surface area contributed by atoms with Crippen molar-refractivity contribution < 1.29 is 4.48 Å². The number of quaternary nitrogens is 1. The van der Waals surface area contributed by atoms with Crippen LogP contribution in [0, 0.1) is 5.41 Å². The van der Waals surface area contributed by atoms with Crippen molar-refractivity contribution in [3.05, 3.63) is 0 Å². The molecule has 0 unspecified atom stereocenters. The molecule has 2 heteroatoms. The van der Waals surface area contributed by atoms with Crippen molar-refractivity contribution in [3.8, 4) is 0 Å². The van der Waals surface area contributed by atoms with Gasteiger partial charge in [0.25, 0.3) is 0 Å². The number of rotatable bonds is 1. The zero-order valence-electron chi connectivity index (χ0n) is 10.1. The van der Waals surface area contributed by atoms with Gasteiger partial charge in [0.1, 0.15) is 0 Å². The summed E-state index contributed by atoms with van der Waals surface area (Å²) in [4.78, 5) is 2.52. The van der Waals surface area contributed by atoms with Crippen LogP contribution in [0.15, 0.2) is 0 Å². The summed E-state index contributed by atoms with van der Waals surface area (Å²) in [6.45, 7) is 9.14. The average molecular weight is 197 g/mol. The molecule has 0 aromatic heterocycles. The quantitative estimate of drug-likeness (QED) is 0.577. The van der Waals surface area contributed by atoms with Crippen LogP contribution in [-0.2, 0) is 0 Å². The van der Waals surface area contributed by atoms with Crippen LogP contribution >= 0.6 is 0 Å².